The summed E-state index contributed by atoms with van der Waals surface area (Å²) in [6.07, 6.45) is 0.914. The summed E-state index contributed by atoms with van der Waals surface area (Å²) in [5.74, 6) is 0.471. The first-order chi connectivity index (χ1) is 10.3. The number of hydroxylamine groups is 2. The highest BCUT2D eigenvalue weighted by Gasteiger charge is 2.46. The number of carbonyl (C=O) groups excluding carboxylic acids is 1. The third-order valence-corrected chi connectivity index (χ3v) is 3.97. The summed E-state index contributed by atoms with van der Waals surface area (Å²) in [5.41, 5.74) is 2.32. The Morgan fingerprint density at radius 2 is 1.71 bits per heavy atom. The van der Waals surface area contributed by atoms with Gasteiger partial charge in [-0.15, -0.1) is 0 Å². The van der Waals surface area contributed by atoms with E-state index in [1.165, 1.54) is 10.6 Å². The summed E-state index contributed by atoms with van der Waals surface area (Å²) in [5, 5.41) is 1.48. The molecule has 2 atom stereocenters. The van der Waals surface area contributed by atoms with Gasteiger partial charge in [-0.2, -0.15) is 0 Å². The van der Waals surface area contributed by atoms with Crippen LogP contribution >= 0.6 is 0 Å². The third kappa shape index (κ3) is 3.14. The smallest absolute Gasteiger partial charge is 0.250 e. The first-order valence-electron chi connectivity index (χ1n) is 7.24. The maximum atomic E-state index is 12.5. The highest BCUT2D eigenvalue weighted by molar-refractivity contribution is 5.82. The summed E-state index contributed by atoms with van der Waals surface area (Å²) in [4.78, 5) is 17.8. The lowest BCUT2D eigenvalue weighted by molar-refractivity contribution is -0.181. The molecule has 108 valence electrons. The van der Waals surface area contributed by atoms with Crippen molar-refractivity contribution in [3.63, 3.8) is 0 Å². The molecule has 0 N–H and O–H groups in total. The van der Waals surface area contributed by atoms with Crippen molar-refractivity contribution in [2.75, 3.05) is 7.11 Å². The predicted octanol–water partition coefficient (Wildman–Crippen LogP) is 3.38. The van der Waals surface area contributed by atoms with Gasteiger partial charge in [-0.3, -0.25) is 9.63 Å². The van der Waals surface area contributed by atoms with Crippen molar-refractivity contribution in [3.05, 3.63) is 71.8 Å². The molecule has 21 heavy (non-hydrogen) atoms. The van der Waals surface area contributed by atoms with Crippen LogP contribution in [0, 0.1) is 5.92 Å². The Balaban J connectivity index is 1.65. The van der Waals surface area contributed by atoms with E-state index in [9.17, 15) is 4.79 Å². The van der Waals surface area contributed by atoms with Crippen LogP contribution in [0.1, 0.15) is 23.5 Å². The average molecular weight is 281 g/mol. The number of carbonyl (C=O) groups is 1. The molecule has 0 saturated heterocycles. The fourth-order valence-corrected chi connectivity index (χ4v) is 2.70. The first-order valence-corrected chi connectivity index (χ1v) is 7.24. The second kappa shape index (κ2) is 6.10. The van der Waals surface area contributed by atoms with Gasteiger partial charge in [0.2, 0.25) is 5.91 Å². The van der Waals surface area contributed by atoms with Crippen molar-refractivity contribution in [2.45, 2.75) is 18.9 Å². The van der Waals surface area contributed by atoms with Crippen LogP contribution < -0.4 is 0 Å². The third-order valence-electron chi connectivity index (χ3n) is 3.97. The lowest BCUT2D eigenvalue weighted by Crippen LogP contribution is -2.31. The van der Waals surface area contributed by atoms with Crippen LogP contribution in [0.4, 0.5) is 0 Å². The summed E-state index contributed by atoms with van der Waals surface area (Å²) in [6, 6.07) is 20.1. The van der Waals surface area contributed by atoms with Crippen molar-refractivity contribution >= 4 is 5.91 Å². The number of benzene rings is 2. The van der Waals surface area contributed by atoms with E-state index in [4.69, 9.17) is 4.84 Å². The molecule has 0 radical (unpaired) electrons. The molecule has 3 rings (SSSR count). The van der Waals surface area contributed by atoms with Crippen LogP contribution in [-0.4, -0.2) is 18.1 Å². The van der Waals surface area contributed by atoms with Crippen LogP contribution in [0.15, 0.2) is 60.7 Å². The standard InChI is InChI=1S/C18H19NO2/c1-21-19(13-14-8-4-2-5-9-14)18(20)17-12-16(17)15-10-6-3-7-11-15/h2-11,16-17H,12-13H2,1H3/t16-,17+/m0/s1. The molecule has 1 fully saturated rings. The van der Waals surface area contributed by atoms with Crippen molar-refractivity contribution < 1.29 is 9.63 Å². The molecule has 0 aromatic heterocycles. The molecular weight excluding hydrogens is 262 g/mol. The van der Waals surface area contributed by atoms with Gasteiger partial charge in [0.15, 0.2) is 0 Å². The lowest BCUT2D eigenvalue weighted by atomic mass is 10.1. The van der Waals surface area contributed by atoms with Gasteiger partial charge < -0.3 is 0 Å². The van der Waals surface area contributed by atoms with Gasteiger partial charge in [0.05, 0.1) is 13.7 Å². The predicted molar refractivity (Wildman–Crippen MR) is 81.3 cm³/mol. The Kier molecular flexibility index (Phi) is 4.02. The molecule has 0 aliphatic heterocycles. The Labute approximate surface area is 125 Å². The molecule has 3 heteroatoms. The summed E-state index contributed by atoms with van der Waals surface area (Å²) in [7, 11) is 1.56. The minimum Gasteiger partial charge on any atom is -0.274 e. The van der Waals surface area contributed by atoms with Crippen molar-refractivity contribution in [3.8, 4) is 0 Å². The van der Waals surface area contributed by atoms with E-state index in [0.717, 1.165) is 12.0 Å². The van der Waals surface area contributed by atoms with Gasteiger partial charge >= 0.3 is 0 Å². The van der Waals surface area contributed by atoms with E-state index in [0.29, 0.717) is 12.5 Å². The lowest BCUT2D eigenvalue weighted by Gasteiger charge is -2.20. The Morgan fingerprint density at radius 3 is 2.33 bits per heavy atom. The summed E-state index contributed by atoms with van der Waals surface area (Å²) in [6.45, 7) is 0.494. The van der Waals surface area contributed by atoms with E-state index in [2.05, 4.69) is 12.1 Å². The van der Waals surface area contributed by atoms with Crippen LogP contribution in [0.2, 0.25) is 0 Å². The highest BCUT2D eigenvalue weighted by atomic mass is 16.7. The molecular formula is C18H19NO2. The van der Waals surface area contributed by atoms with Gasteiger partial charge in [-0.05, 0) is 23.5 Å². The second-order valence-electron chi connectivity index (χ2n) is 5.40. The number of nitrogens with zero attached hydrogens (tertiary/aromatic N) is 1. The molecule has 0 unspecified atom stereocenters. The minimum absolute atomic E-state index is 0.0519. The van der Waals surface area contributed by atoms with Crippen LogP contribution in [-0.2, 0) is 16.2 Å². The topological polar surface area (TPSA) is 29.5 Å². The van der Waals surface area contributed by atoms with Crippen LogP contribution in [0.3, 0.4) is 0 Å². The quantitative estimate of drug-likeness (QED) is 0.786. The molecule has 0 spiro atoms. The molecule has 1 aliphatic rings. The number of hydrogen-bond donors (Lipinski definition) is 0. The molecule has 0 heterocycles. The molecule has 1 amide bonds. The first kappa shape index (κ1) is 13.8. The normalized spacial score (nSPS) is 20.0. The number of hydrogen-bond acceptors (Lipinski definition) is 2. The fourth-order valence-electron chi connectivity index (χ4n) is 2.70. The van der Waals surface area contributed by atoms with Gasteiger partial charge in [-0.1, -0.05) is 60.7 Å². The van der Waals surface area contributed by atoms with E-state index < -0.39 is 0 Å². The molecule has 1 aliphatic carbocycles. The number of amides is 1. The van der Waals surface area contributed by atoms with Crippen molar-refractivity contribution in [1.29, 1.82) is 0 Å². The van der Waals surface area contributed by atoms with Gasteiger partial charge in [-0.25, -0.2) is 5.06 Å². The average Bonchev–Trinajstić information content (AvgIpc) is 3.34. The van der Waals surface area contributed by atoms with Gasteiger partial charge in [0, 0.05) is 5.92 Å². The van der Waals surface area contributed by atoms with E-state index in [1.54, 1.807) is 7.11 Å². The Bertz CT molecular complexity index is 597. The van der Waals surface area contributed by atoms with Gasteiger partial charge in [0.25, 0.3) is 0 Å². The maximum Gasteiger partial charge on any atom is 0.250 e. The minimum atomic E-state index is 0.0519. The van der Waals surface area contributed by atoms with E-state index >= 15 is 0 Å². The molecule has 2 aromatic carbocycles. The molecule has 2 aromatic rings. The number of rotatable bonds is 5. The maximum absolute atomic E-state index is 12.5. The summed E-state index contributed by atoms with van der Waals surface area (Å²) < 4.78 is 0. The second-order valence-corrected chi connectivity index (χ2v) is 5.40. The zero-order valence-electron chi connectivity index (χ0n) is 12.1. The van der Waals surface area contributed by atoms with Crippen LogP contribution in [0.5, 0.6) is 0 Å². The molecule has 3 nitrogen and oxygen atoms in total. The summed E-state index contributed by atoms with van der Waals surface area (Å²) >= 11 is 0. The molecule has 0 bridgehead atoms. The molecule has 1 saturated carbocycles. The van der Waals surface area contributed by atoms with E-state index in [1.807, 2.05) is 48.5 Å². The van der Waals surface area contributed by atoms with Gasteiger partial charge in [0.1, 0.15) is 0 Å². The Hall–Kier alpha value is -2.13. The Morgan fingerprint density at radius 1 is 1.10 bits per heavy atom. The zero-order valence-corrected chi connectivity index (χ0v) is 12.1. The SMILES string of the molecule is CON(Cc1ccccc1)C(=O)[C@@H]1C[C@H]1c1ccccc1. The fraction of sp³-hybridized carbons (Fsp3) is 0.278. The highest BCUT2D eigenvalue weighted by Crippen LogP contribution is 2.48. The largest absolute Gasteiger partial charge is 0.274 e. The van der Waals surface area contributed by atoms with E-state index in [-0.39, 0.29) is 11.8 Å². The monoisotopic (exact) mass is 281 g/mol. The van der Waals surface area contributed by atoms with Crippen molar-refractivity contribution in [1.82, 2.24) is 5.06 Å². The van der Waals surface area contributed by atoms with Crippen LogP contribution in [0.25, 0.3) is 0 Å². The van der Waals surface area contributed by atoms with Crippen molar-refractivity contribution in [2.24, 2.45) is 5.92 Å². The zero-order chi connectivity index (χ0) is 14.7.